The number of hydrogen-bond acceptors (Lipinski definition) is 8. The first-order valence-electron chi connectivity index (χ1n) is 9.44. The first-order valence-corrected chi connectivity index (χ1v) is 9.44. The van der Waals surface area contributed by atoms with E-state index in [9.17, 15) is 24.3 Å². The highest BCUT2D eigenvalue weighted by atomic mass is 16.5. The number of aliphatic hydroxyl groups is 1. The van der Waals surface area contributed by atoms with E-state index in [1.807, 2.05) is 0 Å². The van der Waals surface area contributed by atoms with Gasteiger partial charge in [0.05, 0.1) is 37.4 Å². The number of carbonyl (C=O) groups excluding carboxylic acids is 4. The van der Waals surface area contributed by atoms with E-state index >= 15 is 0 Å². The van der Waals surface area contributed by atoms with Crippen LogP contribution in [0.1, 0.15) is 49.0 Å². The van der Waals surface area contributed by atoms with Crippen molar-refractivity contribution in [1.29, 1.82) is 0 Å². The SMILES string of the molecule is CCOC(=O)[C@H]1C(=O)C[C@](C)(O)[C@H](C(=O)OCC)[C@@H]1c1ccc(C(=O)OC)cc1. The lowest BCUT2D eigenvalue weighted by molar-refractivity contribution is -0.172. The molecule has 8 nitrogen and oxygen atoms in total. The molecule has 0 aliphatic heterocycles. The van der Waals surface area contributed by atoms with E-state index in [0.717, 1.165) is 0 Å². The summed E-state index contributed by atoms with van der Waals surface area (Å²) in [6.07, 6.45) is -0.378. The van der Waals surface area contributed by atoms with Gasteiger partial charge in [0.15, 0.2) is 5.78 Å². The third kappa shape index (κ3) is 4.64. The van der Waals surface area contributed by atoms with Gasteiger partial charge in [0.2, 0.25) is 0 Å². The molecule has 0 amide bonds. The summed E-state index contributed by atoms with van der Waals surface area (Å²) in [6.45, 7) is 4.77. The van der Waals surface area contributed by atoms with Crippen LogP contribution in [0.25, 0.3) is 0 Å². The molecule has 0 aromatic heterocycles. The molecular formula is C21H26O8. The van der Waals surface area contributed by atoms with Crippen LogP contribution in [-0.2, 0) is 28.6 Å². The monoisotopic (exact) mass is 406 g/mol. The molecule has 2 rings (SSSR count). The predicted molar refractivity (Wildman–Crippen MR) is 101 cm³/mol. The van der Waals surface area contributed by atoms with Crippen LogP contribution < -0.4 is 0 Å². The van der Waals surface area contributed by atoms with Crippen LogP contribution in [0.4, 0.5) is 0 Å². The third-order valence-corrected chi connectivity index (χ3v) is 5.06. The highest BCUT2D eigenvalue weighted by Crippen LogP contribution is 2.46. The Kier molecular flexibility index (Phi) is 7.13. The summed E-state index contributed by atoms with van der Waals surface area (Å²) in [5.41, 5.74) is -1.01. The minimum absolute atomic E-state index is 0.0665. The van der Waals surface area contributed by atoms with Gasteiger partial charge in [-0.2, -0.15) is 0 Å². The zero-order chi connectivity index (χ0) is 21.8. The fourth-order valence-corrected chi connectivity index (χ4v) is 3.84. The maximum Gasteiger partial charge on any atom is 0.337 e. The van der Waals surface area contributed by atoms with Gasteiger partial charge in [-0.25, -0.2) is 4.79 Å². The predicted octanol–water partition coefficient (Wildman–Crippen LogP) is 1.64. The first kappa shape index (κ1) is 22.5. The Balaban J connectivity index is 2.59. The molecule has 1 aliphatic rings. The Bertz CT molecular complexity index is 780. The van der Waals surface area contributed by atoms with Crippen molar-refractivity contribution >= 4 is 23.7 Å². The van der Waals surface area contributed by atoms with Crippen molar-refractivity contribution in [3.05, 3.63) is 35.4 Å². The lowest BCUT2D eigenvalue weighted by atomic mass is 9.61. The highest BCUT2D eigenvalue weighted by Gasteiger charge is 2.57. The summed E-state index contributed by atoms with van der Waals surface area (Å²) >= 11 is 0. The second kappa shape index (κ2) is 9.17. The molecule has 0 spiro atoms. The number of carbonyl (C=O) groups is 4. The van der Waals surface area contributed by atoms with Gasteiger partial charge >= 0.3 is 17.9 Å². The molecule has 1 aromatic rings. The van der Waals surface area contributed by atoms with Crippen molar-refractivity contribution in [3.8, 4) is 0 Å². The Hall–Kier alpha value is -2.74. The van der Waals surface area contributed by atoms with Gasteiger partial charge in [-0.1, -0.05) is 12.1 Å². The van der Waals surface area contributed by atoms with Crippen LogP contribution in [0, 0.1) is 11.8 Å². The van der Waals surface area contributed by atoms with Gasteiger partial charge in [-0.3, -0.25) is 14.4 Å². The standard InChI is InChI=1S/C21H26O8/c1-5-28-19(24)16-14(22)11-21(3,26)17(20(25)29-6-2)15(16)12-7-9-13(10-8-12)18(23)27-4/h7-10,15-17,26H,5-6,11H2,1-4H3/t15-,16+,17+,21+/m1/s1. The minimum atomic E-state index is -1.71. The third-order valence-electron chi connectivity index (χ3n) is 5.06. The molecule has 29 heavy (non-hydrogen) atoms. The van der Waals surface area contributed by atoms with E-state index in [0.29, 0.717) is 5.56 Å². The fraction of sp³-hybridized carbons (Fsp3) is 0.524. The number of hydrogen-bond donors (Lipinski definition) is 1. The number of ketones is 1. The van der Waals surface area contributed by atoms with Crippen molar-refractivity contribution in [1.82, 2.24) is 0 Å². The minimum Gasteiger partial charge on any atom is -0.466 e. The maximum absolute atomic E-state index is 12.8. The molecule has 0 unspecified atom stereocenters. The van der Waals surface area contributed by atoms with E-state index < -0.39 is 47.0 Å². The summed E-state index contributed by atoms with van der Waals surface area (Å²) in [5, 5.41) is 10.9. The summed E-state index contributed by atoms with van der Waals surface area (Å²) in [7, 11) is 1.25. The lowest BCUT2D eigenvalue weighted by Gasteiger charge is -2.43. The van der Waals surface area contributed by atoms with Gasteiger partial charge in [0, 0.05) is 12.3 Å². The smallest absolute Gasteiger partial charge is 0.337 e. The zero-order valence-corrected chi connectivity index (χ0v) is 17.0. The number of methoxy groups -OCH3 is 1. The van der Waals surface area contributed by atoms with E-state index in [2.05, 4.69) is 4.74 Å². The van der Waals surface area contributed by atoms with Crippen LogP contribution in [0.2, 0.25) is 0 Å². The van der Waals surface area contributed by atoms with Crippen molar-refractivity contribution in [3.63, 3.8) is 0 Å². The fourth-order valence-electron chi connectivity index (χ4n) is 3.84. The van der Waals surface area contributed by atoms with Gasteiger partial charge in [0.25, 0.3) is 0 Å². The van der Waals surface area contributed by atoms with Crippen LogP contribution in [-0.4, -0.2) is 54.7 Å². The average Bonchev–Trinajstić information content (AvgIpc) is 2.66. The molecule has 1 saturated carbocycles. The van der Waals surface area contributed by atoms with Gasteiger partial charge < -0.3 is 19.3 Å². The Morgan fingerprint density at radius 2 is 1.62 bits per heavy atom. The molecule has 4 atom stereocenters. The van der Waals surface area contributed by atoms with Gasteiger partial charge in [-0.05, 0) is 38.5 Å². The Morgan fingerprint density at radius 1 is 1.07 bits per heavy atom. The van der Waals surface area contributed by atoms with E-state index in [1.54, 1.807) is 13.8 Å². The normalized spacial score (nSPS) is 26.5. The van der Waals surface area contributed by atoms with Gasteiger partial charge in [0.1, 0.15) is 5.92 Å². The van der Waals surface area contributed by atoms with Crippen LogP contribution in [0.15, 0.2) is 24.3 Å². The van der Waals surface area contributed by atoms with Crippen molar-refractivity contribution in [2.24, 2.45) is 11.8 Å². The second-order valence-electron chi connectivity index (χ2n) is 7.10. The Morgan fingerprint density at radius 3 is 2.14 bits per heavy atom. The topological polar surface area (TPSA) is 116 Å². The molecule has 1 fully saturated rings. The summed E-state index contributed by atoms with van der Waals surface area (Å²) < 4.78 is 14.9. The number of esters is 3. The lowest BCUT2D eigenvalue weighted by Crippen LogP contribution is -2.55. The molecule has 158 valence electrons. The first-order chi connectivity index (χ1) is 13.7. The Labute approximate surface area is 169 Å². The molecule has 1 aromatic carbocycles. The number of benzene rings is 1. The molecule has 8 heteroatoms. The number of rotatable bonds is 6. The van der Waals surface area contributed by atoms with Crippen LogP contribution in [0.5, 0.6) is 0 Å². The van der Waals surface area contributed by atoms with Gasteiger partial charge in [-0.15, -0.1) is 0 Å². The molecule has 0 heterocycles. The average molecular weight is 406 g/mol. The largest absolute Gasteiger partial charge is 0.466 e. The van der Waals surface area contributed by atoms with Crippen molar-refractivity contribution in [2.75, 3.05) is 20.3 Å². The molecule has 0 radical (unpaired) electrons. The maximum atomic E-state index is 12.8. The van der Waals surface area contributed by atoms with E-state index in [4.69, 9.17) is 9.47 Å². The highest BCUT2D eigenvalue weighted by molar-refractivity contribution is 6.02. The molecule has 0 bridgehead atoms. The summed E-state index contributed by atoms with van der Waals surface area (Å²) in [4.78, 5) is 49.8. The molecule has 1 N–H and O–H groups in total. The molecule has 1 aliphatic carbocycles. The summed E-state index contributed by atoms with van der Waals surface area (Å²) in [5.74, 6) is -5.97. The summed E-state index contributed by atoms with van der Waals surface area (Å²) in [6, 6.07) is 6.01. The quantitative estimate of drug-likeness (QED) is 0.431. The van der Waals surface area contributed by atoms with E-state index in [-0.39, 0.29) is 25.2 Å². The molecular weight excluding hydrogens is 380 g/mol. The van der Waals surface area contributed by atoms with Crippen molar-refractivity contribution in [2.45, 2.75) is 38.7 Å². The zero-order valence-electron chi connectivity index (χ0n) is 17.0. The number of ether oxygens (including phenoxy) is 3. The van der Waals surface area contributed by atoms with E-state index in [1.165, 1.54) is 38.3 Å². The van der Waals surface area contributed by atoms with Crippen LogP contribution in [0.3, 0.4) is 0 Å². The van der Waals surface area contributed by atoms with Crippen LogP contribution >= 0.6 is 0 Å². The number of Topliss-reactive ketones (excluding diaryl/α,β-unsaturated/α-hetero) is 1. The van der Waals surface area contributed by atoms with Crippen molar-refractivity contribution < 1.29 is 38.5 Å². The molecule has 0 saturated heterocycles. The second-order valence-corrected chi connectivity index (χ2v) is 7.10.